The van der Waals surface area contributed by atoms with E-state index in [0.717, 1.165) is 0 Å². The minimum absolute atomic E-state index is 0.0692. The molecular weight excluding hydrogens is 345 g/mol. The average molecular weight is 354 g/mol. The van der Waals surface area contributed by atoms with Gasteiger partial charge >= 0.3 is 0 Å². The molecule has 2 rings (SSSR count). The molecule has 0 fully saturated rings. The Morgan fingerprint density at radius 3 is 2.40 bits per heavy atom. The maximum atomic E-state index is 13.3. The van der Waals surface area contributed by atoms with E-state index >= 15 is 0 Å². The Kier molecular flexibility index (Phi) is 5.39. The summed E-state index contributed by atoms with van der Waals surface area (Å²) in [6, 6.07) is 7.71. The lowest BCUT2D eigenvalue weighted by molar-refractivity contribution is 0.303. The third-order valence-electron chi connectivity index (χ3n) is 2.60. The summed E-state index contributed by atoms with van der Waals surface area (Å²) < 4.78 is 18.9. The molecule has 20 heavy (non-hydrogen) atoms. The summed E-state index contributed by atoms with van der Waals surface area (Å²) >= 11 is 23.4. The van der Waals surface area contributed by atoms with E-state index in [4.69, 9.17) is 51.1 Å². The molecule has 1 nitrogen and oxygen atoms in total. The van der Waals surface area contributed by atoms with Crippen LogP contribution < -0.4 is 4.74 Å². The zero-order valence-corrected chi connectivity index (χ0v) is 13.1. The molecule has 106 valence electrons. The third-order valence-corrected chi connectivity index (χ3v) is 3.69. The first-order valence-corrected chi connectivity index (χ1v) is 7.28. The van der Waals surface area contributed by atoms with E-state index in [1.165, 1.54) is 12.1 Å². The van der Waals surface area contributed by atoms with Gasteiger partial charge in [-0.05, 0) is 29.8 Å². The Balaban J connectivity index is 2.20. The normalized spacial score (nSPS) is 10.7. The molecule has 0 radical (unpaired) electrons. The van der Waals surface area contributed by atoms with Crippen LogP contribution in [0, 0.1) is 5.82 Å². The van der Waals surface area contributed by atoms with Gasteiger partial charge in [0.15, 0.2) is 0 Å². The highest BCUT2D eigenvalue weighted by molar-refractivity contribution is 6.36. The Morgan fingerprint density at radius 2 is 1.75 bits per heavy atom. The van der Waals surface area contributed by atoms with E-state index in [1.807, 2.05) is 0 Å². The summed E-state index contributed by atoms with van der Waals surface area (Å²) in [5.74, 6) is 0.166. The summed E-state index contributed by atoms with van der Waals surface area (Å²) in [7, 11) is 0. The van der Waals surface area contributed by atoms with Crippen LogP contribution in [-0.2, 0) is 12.5 Å². The molecule has 0 unspecified atom stereocenters. The molecule has 0 spiro atoms. The van der Waals surface area contributed by atoms with E-state index in [9.17, 15) is 4.39 Å². The fraction of sp³-hybridized carbons (Fsp3) is 0.143. The Labute approximate surface area is 136 Å². The minimum atomic E-state index is -0.493. The fourth-order valence-electron chi connectivity index (χ4n) is 1.66. The van der Waals surface area contributed by atoms with Gasteiger partial charge in [0.2, 0.25) is 0 Å². The topological polar surface area (TPSA) is 9.23 Å². The lowest BCUT2D eigenvalue weighted by atomic mass is 10.2. The van der Waals surface area contributed by atoms with Crippen LogP contribution in [0.2, 0.25) is 15.1 Å². The number of hydrogen-bond acceptors (Lipinski definition) is 1. The van der Waals surface area contributed by atoms with Crippen molar-refractivity contribution >= 4 is 46.4 Å². The van der Waals surface area contributed by atoms with Crippen molar-refractivity contribution in [2.24, 2.45) is 0 Å². The van der Waals surface area contributed by atoms with Crippen LogP contribution in [0.25, 0.3) is 0 Å². The molecule has 0 aliphatic carbocycles. The van der Waals surface area contributed by atoms with Gasteiger partial charge in [-0.3, -0.25) is 0 Å². The van der Waals surface area contributed by atoms with E-state index in [0.29, 0.717) is 26.9 Å². The molecule has 0 heterocycles. The van der Waals surface area contributed by atoms with Crippen LogP contribution in [0.1, 0.15) is 11.1 Å². The van der Waals surface area contributed by atoms with Crippen molar-refractivity contribution in [3.05, 3.63) is 62.3 Å². The number of alkyl halides is 1. The molecule has 0 aliphatic heterocycles. The number of rotatable bonds is 4. The van der Waals surface area contributed by atoms with Crippen LogP contribution >= 0.6 is 46.4 Å². The van der Waals surface area contributed by atoms with Crippen molar-refractivity contribution < 1.29 is 9.13 Å². The lowest BCUT2D eigenvalue weighted by Gasteiger charge is -2.12. The highest BCUT2D eigenvalue weighted by Gasteiger charge is 2.11. The summed E-state index contributed by atoms with van der Waals surface area (Å²) in [6.45, 7) is 0.152. The molecule has 0 bridgehead atoms. The average Bonchev–Trinajstić information content (AvgIpc) is 2.40. The predicted octanol–water partition coefficient (Wildman–Crippen LogP) is 6.10. The second-order valence-corrected chi connectivity index (χ2v) is 5.56. The molecule has 0 aliphatic rings. The predicted molar refractivity (Wildman–Crippen MR) is 81.8 cm³/mol. The first-order chi connectivity index (χ1) is 9.51. The lowest BCUT2D eigenvalue weighted by Crippen LogP contribution is -1.99. The zero-order chi connectivity index (χ0) is 14.7. The van der Waals surface area contributed by atoms with Crippen LogP contribution in [0.15, 0.2) is 30.3 Å². The molecule has 0 N–H and O–H groups in total. The van der Waals surface area contributed by atoms with E-state index < -0.39 is 5.82 Å². The molecule has 0 amide bonds. The minimum Gasteiger partial charge on any atom is -0.487 e. The smallest absolute Gasteiger partial charge is 0.142 e. The van der Waals surface area contributed by atoms with Gasteiger partial charge in [-0.2, -0.15) is 0 Å². The van der Waals surface area contributed by atoms with Gasteiger partial charge in [0.25, 0.3) is 0 Å². The molecule has 0 aromatic heterocycles. The number of ether oxygens (including phenoxy) is 1. The molecular formula is C14H9Cl4FO. The van der Waals surface area contributed by atoms with Gasteiger partial charge in [0.05, 0.1) is 15.9 Å². The highest BCUT2D eigenvalue weighted by Crippen LogP contribution is 2.34. The zero-order valence-electron chi connectivity index (χ0n) is 10.1. The largest absolute Gasteiger partial charge is 0.487 e. The monoisotopic (exact) mass is 352 g/mol. The molecule has 0 saturated heterocycles. The van der Waals surface area contributed by atoms with Crippen molar-refractivity contribution in [3.8, 4) is 5.75 Å². The first kappa shape index (κ1) is 15.7. The fourth-order valence-corrected chi connectivity index (χ4v) is 2.57. The van der Waals surface area contributed by atoms with Gasteiger partial charge in [-0.25, -0.2) is 4.39 Å². The van der Waals surface area contributed by atoms with E-state index in [-0.39, 0.29) is 17.5 Å². The van der Waals surface area contributed by atoms with Gasteiger partial charge in [-0.1, -0.05) is 40.9 Å². The van der Waals surface area contributed by atoms with Crippen LogP contribution in [0.5, 0.6) is 5.75 Å². The van der Waals surface area contributed by atoms with Crippen LogP contribution in [0.4, 0.5) is 4.39 Å². The summed E-state index contributed by atoms with van der Waals surface area (Å²) in [4.78, 5) is 0. The van der Waals surface area contributed by atoms with Crippen molar-refractivity contribution in [2.45, 2.75) is 12.5 Å². The molecule has 6 heteroatoms. The first-order valence-electron chi connectivity index (χ1n) is 5.62. The highest BCUT2D eigenvalue weighted by atomic mass is 35.5. The number of halogens is 5. The third kappa shape index (κ3) is 3.70. The standard InChI is InChI=1S/C14H9Cl4FO/c15-6-9-4-10(16)5-12(18)14(9)20-7-8-1-2-11(17)13(19)3-8/h1-5H,6-7H2. The maximum Gasteiger partial charge on any atom is 0.142 e. The molecule has 2 aromatic rings. The quantitative estimate of drug-likeness (QED) is 0.603. The van der Waals surface area contributed by atoms with Crippen LogP contribution in [-0.4, -0.2) is 0 Å². The van der Waals surface area contributed by atoms with Crippen molar-refractivity contribution in [2.75, 3.05) is 0 Å². The van der Waals surface area contributed by atoms with Crippen molar-refractivity contribution in [3.63, 3.8) is 0 Å². The molecule has 2 aromatic carbocycles. The van der Waals surface area contributed by atoms with Crippen molar-refractivity contribution in [1.82, 2.24) is 0 Å². The Hall–Kier alpha value is -0.670. The van der Waals surface area contributed by atoms with Crippen molar-refractivity contribution in [1.29, 1.82) is 0 Å². The summed E-state index contributed by atoms with van der Waals surface area (Å²) in [5, 5.41) is 0.915. The van der Waals surface area contributed by atoms with Gasteiger partial charge in [0, 0.05) is 10.6 Å². The van der Waals surface area contributed by atoms with Gasteiger partial charge < -0.3 is 4.74 Å². The SMILES string of the molecule is Fc1cc(COc2c(Cl)cc(Cl)cc2CCl)ccc1Cl. The van der Waals surface area contributed by atoms with Crippen LogP contribution in [0.3, 0.4) is 0 Å². The van der Waals surface area contributed by atoms with Gasteiger partial charge in [-0.15, -0.1) is 11.6 Å². The van der Waals surface area contributed by atoms with E-state index in [2.05, 4.69) is 0 Å². The van der Waals surface area contributed by atoms with E-state index in [1.54, 1.807) is 18.2 Å². The molecule has 0 saturated carbocycles. The Bertz CT molecular complexity index is 631. The summed E-state index contributed by atoms with van der Waals surface area (Å²) in [5.41, 5.74) is 1.32. The second-order valence-electron chi connectivity index (χ2n) is 4.05. The number of hydrogen-bond donors (Lipinski definition) is 0. The summed E-state index contributed by atoms with van der Waals surface area (Å²) in [6.07, 6.45) is 0. The Morgan fingerprint density at radius 1 is 1.00 bits per heavy atom. The molecule has 0 atom stereocenters. The maximum absolute atomic E-state index is 13.3. The number of benzene rings is 2. The van der Waals surface area contributed by atoms with Gasteiger partial charge in [0.1, 0.15) is 18.2 Å². The second kappa shape index (κ2) is 6.86.